The molecule has 0 unspecified atom stereocenters. The first-order valence-electron chi connectivity index (χ1n) is 6.94. The summed E-state index contributed by atoms with van der Waals surface area (Å²) in [6, 6.07) is 5.93. The smallest absolute Gasteiger partial charge is 0.324 e. The quantitative estimate of drug-likeness (QED) is 0.901. The van der Waals surface area contributed by atoms with E-state index in [4.69, 9.17) is 5.14 Å². The van der Waals surface area contributed by atoms with Gasteiger partial charge in [0.2, 0.25) is 10.0 Å². The molecule has 1 aromatic carbocycles. The number of hydrogen-bond donors (Lipinski definition) is 1. The predicted molar refractivity (Wildman–Crippen MR) is 81.6 cm³/mol. The number of rotatable bonds is 2. The minimum absolute atomic E-state index is 0.0406. The van der Waals surface area contributed by atoms with Crippen LogP contribution in [0, 0.1) is 5.92 Å². The first-order valence-corrected chi connectivity index (χ1v) is 8.49. The molecule has 2 rings (SSSR count). The van der Waals surface area contributed by atoms with Gasteiger partial charge in [0.05, 0.1) is 4.90 Å². The van der Waals surface area contributed by atoms with E-state index in [9.17, 15) is 13.2 Å². The van der Waals surface area contributed by atoms with Crippen molar-refractivity contribution in [2.45, 2.75) is 24.7 Å². The molecule has 2 N–H and O–H groups in total. The van der Waals surface area contributed by atoms with E-state index in [1.54, 1.807) is 19.2 Å². The van der Waals surface area contributed by atoms with Gasteiger partial charge in [-0.25, -0.2) is 18.4 Å². The van der Waals surface area contributed by atoms with Crippen molar-refractivity contribution in [2.75, 3.05) is 25.0 Å². The number of nitrogens with zero attached hydrogens (tertiary/aromatic N) is 2. The van der Waals surface area contributed by atoms with Crippen LogP contribution in [0.15, 0.2) is 29.2 Å². The lowest BCUT2D eigenvalue weighted by molar-refractivity contribution is 0.181. The second kappa shape index (κ2) is 6.03. The van der Waals surface area contributed by atoms with Crippen molar-refractivity contribution < 1.29 is 13.2 Å². The van der Waals surface area contributed by atoms with E-state index in [1.807, 2.05) is 4.90 Å². The fourth-order valence-corrected chi connectivity index (χ4v) is 2.90. The Morgan fingerprint density at radius 1 is 1.24 bits per heavy atom. The Hall–Kier alpha value is -1.60. The van der Waals surface area contributed by atoms with Crippen LogP contribution in [0.3, 0.4) is 0 Å². The topological polar surface area (TPSA) is 83.7 Å². The van der Waals surface area contributed by atoms with Gasteiger partial charge in [-0.1, -0.05) is 6.92 Å². The molecule has 0 radical (unpaired) electrons. The fourth-order valence-electron chi connectivity index (χ4n) is 2.38. The van der Waals surface area contributed by atoms with Gasteiger partial charge in [0.15, 0.2) is 0 Å². The number of nitrogens with two attached hydrogens (primary N) is 1. The Balaban J connectivity index is 2.09. The van der Waals surface area contributed by atoms with Crippen molar-refractivity contribution in [1.82, 2.24) is 4.90 Å². The van der Waals surface area contributed by atoms with Crippen molar-refractivity contribution in [3.05, 3.63) is 24.3 Å². The van der Waals surface area contributed by atoms with Gasteiger partial charge in [-0.2, -0.15) is 0 Å². The van der Waals surface area contributed by atoms with Gasteiger partial charge in [0, 0.05) is 25.8 Å². The normalized spacial score (nSPS) is 16.8. The molecule has 0 atom stereocenters. The van der Waals surface area contributed by atoms with Gasteiger partial charge in [-0.15, -0.1) is 0 Å². The van der Waals surface area contributed by atoms with E-state index in [0.717, 1.165) is 25.9 Å². The van der Waals surface area contributed by atoms with Gasteiger partial charge in [0.25, 0.3) is 0 Å². The number of piperidine rings is 1. The summed E-state index contributed by atoms with van der Waals surface area (Å²) < 4.78 is 22.4. The Bertz CT molecular complexity index is 605. The molecule has 1 aliphatic rings. The Morgan fingerprint density at radius 2 is 1.76 bits per heavy atom. The molecule has 0 bridgehead atoms. The summed E-state index contributed by atoms with van der Waals surface area (Å²) in [5, 5.41) is 5.06. The Morgan fingerprint density at radius 3 is 2.24 bits per heavy atom. The number of sulfonamides is 1. The summed E-state index contributed by atoms with van der Waals surface area (Å²) in [6.07, 6.45) is 2.04. The summed E-state index contributed by atoms with van der Waals surface area (Å²) in [7, 11) is -2.02. The van der Waals surface area contributed by atoms with E-state index >= 15 is 0 Å². The van der Waals surface area contributed by atoms with Gasteiger partial charge < -0.3 is 4.90 Å². The standard InChI is InChI=1S/C14H21N3O3S/c1-11-7-9-17(10-8-11)14(18)16(2)12-3-5-13(6-4-12)21(15,19)20/h3-6,11H,7-10H2,1-2H3,(H2,15,19,20). The second-order valence-corrected chi connectivity index (χ2v) is 7.11. The number of primary sulfonamides is 1. The van der Waals surface area contributed by atoms with E-state index in [0.29, 0.717) is 11.6 Å². The van der Waals surface area contributed by atoms with E-state index in [1.165, 1.54) is 17.0 Å². The van der Waals surface area contributed by atoms with Crippen LogP contribution < -0.4 is 10.0 Å². The fraction of sp³-hybridized carbons (Fsp3) is 0.500. The van der Waals surface area contributed by atoms with Crippen molar-refractivity contribution in [1.29, 1.82) is 0 Å². The molecule has 21 heavy (non-hydrogen) atoms. The monoisotopic (exact) mass is 311 g/mol. The lowest BCUT2D eigenvalue weighted by Gasteiger charge is -2.33. The molecule has 0 saturated carbocycles. The van der Waals surface area contributed by atoms with Crippen LogP contribution in [-0.2, 0) is 10.0 Å². The summed E-state index contributed by atoms with van der Waals surface area (Å²) in [4.78, 5) is 15.8. The van der Waals surface area contributed by atoms with Crippen LogP contribution in [0.25, 0.3) is 0 Å². The first-order chi connectivity index (χ1) is 9.79. The zero-order valence-corrected chi connectivity index (χ0v) is 13.1. The molecular formula is C14H21N3O3S. The molecule has 1 aromatic rings. The van der Waals surface area contributed by atoms with E-state index in [-0.39, 0.29) is 10.9 Å². The van der Waals surface area contributed by atoms with Crippen molar-refractivity contribution >= 4 is 21.7 Å². The molecule has 7 heteroatoms. The van der Waals surface area contributed by atoms with Crippen molar-refractivity contribution in [3.8, 4) is 0 Å². The highest BCUT2D eigenvalue weighted by molar-refractivity contribution is 7.89. The van der Waals surface area contributed by atoms with Gasteiger partial charge in [0.1, 0.15) is 0 Å². The molecule has 1 heterocycles. The van der Waals surface area contributed by atoms with Gasteiger partial charge >= 0.3 is 6.03 Å². The Labute approximate surface area is 125 Å². The number of carbonyl (C=O) groups excluding carboxylic acids is 1. The number of urea groups is 1. The SMILES string of the molecule is CC1CCN(C(=O)N(C)c2ccc(S(N)(=O)=O)cc2)CC1. The molecule has 0 aliphatic carbocycles. The Kier molecular flexibility index (Phi) is 4.53. The summed E-state index contributed by atoms with van der Waals surface area (Å²) in [5.41, 5.74) is 0.644. The van der Waals surface area contributed by atoms with Crippen LogP contribution in [0.1, 0.15) is 19.8 Å². The van der Waals surface area contributed by atoms with Gasteiger partial charge in [-0.05, 0) is 43.0 Å². The number of amides is 2. The zero-order valence-electron chi connectivity index (χ0n) is 12.3. The number of anilines is 1. The average Bonchev–Trinajstić information content (AvgIpc) is 2.46. The lowest BCUT2D eigenvalue weighted by atomic mass is 10.00. The van der Waals surface area contributed by atoms with Crippen LogP contribution in [0.5, 0.6) is 0 Å². The van der Waals surface area contributed by atoms with Crippen LogP contribution in [0.4, 0.5) is 10.5 Å². The molecule has 1 saturated heterocycles. The molecule has 1 aliphatic heterocycles. The maximum absolute atomic E-state index is 12.4. The van der Waals surface area contributed by atoms with Crippen molar-refractivity contribution in [2.24, 2.45) is 11.1 Å². The third kappa shape index (κ3) is 3.74. The first kappa shape index (κ1) is 15.8. The van der Waals surface area contributed by atoms with Crippen LogP contribution in [-0.4, -0.2) is 39.5 Å². The average molecular weight is 311 g/mol. The highest BCUT2D eigenvalue weighted by Gasteiger charge is 2.23. The summed E-state index contributed by atoms with van der Waals surface area (Å²) >= 11 is 0. The molecule has 2 amide bonds. The van der Waals surface area contributed by atoms with Crippen LogP contribution in [0.2, 0.25) is 0 Å². The van der Waals surface area contributed by atoms with Crippen LogP contribution >= 0.6 is 0 Å². The minimum Gasteiger partial charge on any atom is -0.324 e. The molecule has 0 spiro atoms. The van der Waals surface area contributed by atoms with E-state index in [2.05, 4.69) is 6.92 Å². The second-order valence-electron chi connectivity index (χ2n) is 5.55. The minimum atomic E-state index is -3.71. The lowest BCUT2D eigenvalue weighted by Crippen LogP contribution is -2.45. The number of carbonyl (C=O) groups is 1. The molecule has 1 fully saturated rings. The third-order valence-electron chi connectivity index (χ3n) is 3.89. The highest BCUT2D eigenvalue weighted by atomic mass is 32.2. The number of likely N-dealkylation sites (tertiary alicyclic amines) is 1. The maximum atomic E-state index is 12.4. The van der Waals surface area contributed by atoms with Gasteiger partial charge in [-0.3, -0.25) is 4.90 Å². The van der Waals surface area contributed by atoms with Crippen molar-refractivity contribution in [3.63, 3.8) is 0 Å². The highest BCUT2D eigenvalue weighted by Crippen LogP contribution is 2.21. The largest absolute Gasteiger partial charge is 0.324 e. The molecule has 116 valence electrons. The van der Waals surface area contributed by atoms with E-state index < -0.39 is 10.0 Å². The molecule has 0 aromatic heterocycles. The number of benzene rings is 1. The maximum Gasteiger partial charge on any atom is 0.324 e. The summed E-state index contributed by atoms with van der Waals surface area (Å²) in [6.45, 7) is 3.72. The predicted octanol–water partition coefficient (Wildman–Crippen LogP) is 1.62. The third-order valence-corrected chi connectivity index (χ3v) is 4.82. The number of hydrogen-bond acceptors (Lipinski definition) is 3. The molecular weight excluding hydrogens is 290 g/mol. The summed E-state index contributed by atoms with van der Waals surface area (Å²) in [5.74, 6) is 0.661. The molecule has 6 nitrogen and oxygen atoms in total. The zero-order chi connectivity index (χ0) is 15.6.